The summed E-state index contributed by atoms with van der Waals surface area (Å²) in [5, 5.41) is 6.72. The largest absolute Gasteiger partial charge is 0.379 e. The van der Waals surface area contributed by atoms with Crippen molar-refractivity contribution in [3.63, 3.8) is 0 Å². The van der Waals surface area contributed by atoms with Crippen molar-refractivity contribution in [1.82, 2.24) is 15.5 Å². The van der Waals surface area contributed by atoms with Crippen LogP contribution in [0.15, 0.2) is 4.99 Å². The molecular weight excluding hydrogens is 419 g/mol. The van der Waals surface area contributed by atoms with Crippen LogP contribution < -0.4 is 10.6 Å². The van der Waals surface area contributed by atoms with Gasteiger partial charge in [-0.15, -0.1) is 24.0 Å². The van der Waals surface area contributed by atoms with E-state index in [1.165, 1.54) is 0 Å². The first-order chi connectivity index (χ1) is 10.9. The molecular formula is C17H37IN4O2. The number of rotatable bonds is 7. The van der Waals surface area contributed by atoms with Gasteiger partial charge in [0, 0.05) is 39.3 Å². The number of guanidine groups is 1. The molecule has 144 valence electrons. The zero-order chi connectivity index (χ0) is 17.3. The molecule has 0 aromatic carbocycles. The van der Waals surface area contributed by atoms with Gasteiger partial charge in [-0.1, -0.05) is 20.8 Å². The van der Waals surface area contributed by atoms with E-state index >= 15 is 0 Å². The van der Waals surface area contributed by atoms with Crippen LogP contribution in [0.25, 0.3) is 0 Å². The van der Waals surface area contributed by atoms with Crippen molar-refractivity contribution in [1.29, 1.82) is 0 Å². The van der Waals surface area contributed by atoms with Crippen molar-refractivity contribution in [2.45, 2.75) is 46.8 Å². The van der Waals surface area contributed by atoms with Gasteiger partial charge in [0.2, 0.25) is 0 Å². The monoisotopic (exact) mass is 456 g/mol. The summed E-state index contributed by atoms with van der Waals surface area (Å²) < 4.78 is 11.0. The van der Waals surface area contributed by atoms with Crippen LogP contribution in [-0.2, 0) is 9.47 Å². The summed E-state index contributed by atoms with van der Waals surface area (Å²) in [6, 6.07) is 0.426. The second kappa shape index (κ2) is 12.3. The Morgan fingerprint density at radius 3 is 2.38 bits per heavy atom. The molecule has 7 heteroatoms. The molecule has 1 saturated heterocycles. The minimum absolute atomic E-state index is 0. The van der Waals surface area contributed by atoms with E-state index < -0.39 is 0 Å². The summed E-state index contributed by atoms with van der Waals surface area (Å²) in [6.45, 7) is 16.9. The number of aliphatic imine (C=N–C) groups is 1. The van der Waals surface area contributed by atoms with E-state index in [0.717, 1.165) is 51.9 Å². The van der Waals surface area contributed by atoms with E-state index in [0.29, 0.717) is 6.04 Å². The minimum atomic E-state index is 0. The van der Waals surface area contributed by atoms with Gasteiger partial charge in [0.25, 0.3) is 0 Å². The zero-order valence-corrected chi connectivity index (χ0v) is 18.6. The highest BCUT2D eigenvalue weighted by Crippen LogP contribution is 2.20. The molecule has 0 aromatic rings. The Bertz CT molecular complexity index is 355. The first-order valence-corrected chi connectivity index (χ1v) is 8.75. The molecule has 0 bridgehead atoms. The number of methoxy groups -OCH3 is 1. The highest BCUT2D eigenvalue weighted by Gasteiger charge is 2.24. The second-order valence-electron chi connectivity index (χ2n) is 7.19. The van der Waals surface area contributed by atoms with Gasteiger partial charge in [-0.25, -0.2) is 0 Å². The number of halogens is 1. The molecule has 0 amide bonds. The summed E-state index contributed by atoms with van der Waals surface area (Å²) in [7, 11) is 1.77. The number of nitrogens with one attached hydrogen (secondary N) is 2. The average molecular weight is 456 g/mol. The van der Waals surface area contributed by atoms with Crippen LogP contribution in [0, 0.1) is 5.41 Å². The predicted molar refractivity (Wildman–Crippen MR) is 112 cm³/mol. The van der Waals surface area contributed by atoms with Crippen molar-refractivity contribution < 1.29 is 9.47 Å². The molecule has 2 unspecified atom stereocenters. The molecule has 1 heterocycles. The highest BCUT2D eigenvalue weighted by atomic mass is 127. The van der Waals surface area contributed by atoms with Crippen LogP contribution >= 0.6 is 24.0 Å². The number of nitrogens with zero attached hydrogens (tertiary/aromatic N) is 2. The second-order valence-corrected chi connectivity index (χ2v) is 7.19. The summed E-state index contributed by atoms with van der Waals surface area (Å²) in [5.74, 6) is 0.860. The molecule has 2 N–H and O–H groups in total. The molecule has 6 nitrogen and oxygen atoms in total. The fourth-order valence-electron chi connectivity index (χ4n) is 2.63. The van der Waals surface area contributed by atoms with Gasteiger partial charge in [-0.05, 0) is 19.3 Å². The molecule has 0 saturated carbocycles. The van der Waals surface area contributed by atoms with Crippen LogP contribution in [-0.4, -0.2) is 76.1 Å². The fourth-order valence-corrected chi connectivity index (χ4v) is 2.63. The smallest absolute Gasteiger partial charge is 0.191 e. The predicted octanol–water partition coefficient (Wildman–Crippen LogP) is 1.94. The Morgan fingerprint density at radius 2 is 1.88 bits per heavy atom. The molecule has 0 spiro atoms. The molecule has 1 aliphatic heterocycles. The van der Waals surface area contributed by atoms with E-state index in [-0.39, 0.29) is 35.5 Å². The first kappa shape index (κ1) is 23.9. The summed E-state index contributed by atoms with van der Waals surface area (Å²) in [5.41, 5.74) is 0.0974. The van der Waals surface area contributed by atoms with Crippen LogP contribution in [0.4, 0.5) is 0 Å². The standard InChI is InChI=1S/C17H36N4O2.HI/c1-7-18-16(20-13-15(22-6)17(3,4)5)19-12-14(2)21-8-10-23-11-9-21;/h14-15H,7-13H2,1-6H3,(H2,18,19,20);1H. The van der Waals surface area contributed by atoms with Crippen LogP contribution in [0.2, 0.25) is 0 Å². The third kappa shape index (κ3) is 8.82. The molecule has 0 radical (unpaired) electrons. The van der Waals surface area contributed by atoms with Gasteiger partial charge < -0.3 is 20.1 Å². The maximum absolute atomic E-state index is 5.60. The van der Waals surface area contributed by atoms with Crippen molar-refractivity contribution in [2.24, 2.45) is 10.4 Å². The zero-order valence-electron chi connectivity index (χ0n) is 16.2. The summed E-state index contributed by atoms with van der Waals surface area (Å²) >= 11 is 0. The Hall–Kier alpha value is -0.120. The molecule has 1 aliphatic rings. The molecule has 2 atom stereocenters. The van der Waals surface area contributed by atoms with Crippen molar-refractivity contribution in [3.05, 3.63) is 0 Å². The van der Waals surface area contributed by atoms with Gasteiger partial charge in [0.1, 0.15) is 0 Å². The third-order valence-corrected chi connectivity index (χ3v) is 4.23. The molecule has 1 fully saturated rings. The van der Waals surface area contributed by atoms with Gasteiger partial charge in [-0.2, -0.15) is 0 Å². The van der Waals surface area contributed by atoms with E-state index in [4.69, 9.17) is 14.5 Å². The SMILES string of the molecule is CCNC(=NCC(C)N1CCOCC1)NCC(OC)C(C)(C)C.I. The minimum Gasteiger partial charge on any atom is -0.379 e. The Morgan fingerprint density at radius 1 is 1.25 bits per heavy atom. The van der Waals surface area contributed by atoms with Gasteiger partial charge in [-0.3, -0.25) is 9.89 Å². The Balaban J connectivity index is 0.00000529. The number of hydrogen-bond acceptors (Lipinski definition) is 4. The van der Waals surface area contributed by atoms with Gasteiger partial charge in [0.05, 0.1) is 25.9 Å². The van der Waals surface area contributed by atoms with E-state index in [2.05, 4.69) is 50.2 Å². The van der Waals surface area contributed by atoms with E-state index in [1.54, 1.807) is 7.11 Å². The van der Waals surface area contributed by atoms with Crippen LogP contribution in [0.3, 0.4) is 0 Å². The highest BCUT2D eigenvalue weighted by molar-refractivity contribution is 14.0. The fraction of sp³-hybridized carbons (Fsp3) is 0.941. The van der Waals surface area contributed by atoms with Crippen molar-refractivity contribution in [2.75, 3.05) is 53.0 Å². The molecule has 0 aromatic heterocycles. The van der Waals surface area contributed by atoms with Gasteiger partial charge in [0.15, 0.2) is 5.96 Å². The van der Waals surface area contributed by atoms with Crippen molar-refractivity contribution >= 4 is 29.9 Å². The first-order valence-electron chi connectivity index (χ1n) is 8.75. The third-order valence-electron chi connectivity index (χ3n) is 4.23. The maximum Gasteiger partial charge on any atom is 0.191 e. The molecule has 24 heavy (non-hydrogen) atoms. The lowest BCUT2D eigenvalue weighted by atomic mass is 9.89. The van der Waals surface area contributed by atoms with Gasteiger partial charge >= 0.3 is 0 Å². The van der Waals surface area contributed by atoms with Crippen LogP contribution in [0.5, 0.6) is 0 Å². The summed E-state index contributed by atoms with van der Waals surface area (Å²) in [4.78, 5) is 7.17. The Kier molecular flexibility index (Phi) is 12.2. The Labute approximate surface area is 165 Å². The number of hydrogen-bond donors (Lipinski definition) is 2. The lowest BCUT2D eigenvalue weighted by Gasteiger charge is -2.32. The lowest BCUT2D eigenvalue weighted by molar-refractivity contribution is 0.0202. The average Bonchev–Trinajstić information content (AvgIpc) is 2.52. The normalized spacial score (nSPS) is 19.3. The molecule has 1 rings (SSSR count). The van der Waals surface area contributed by atoms with E-state index in [9.17, 15) is 0 Å². The lowest BCUT2D eigenvalue weighted by Crippen LogP contribution is -2.47. The quantitative estimate of drug-likeness (QED) is 0.349. The topological polar surface area (TPSA) is 58.1 Å². The summed E-state index contributed by atoms with van der Waals surface area (Å²) in [6.07, 6.45) is 0.142. The van der Waals surface area contributed by atoms with Crippen molar-refractivity contribution in [3.8, 4) is 0 Å². The molecule has 0 aliphatic carbocycles. The number of ether oxygens (including phenoxy) is 2. The van der Waals surface area contributed by atoms with Crippen LogP contribution in [0.1, 0.15) is 34.6 Å². The number of morpholine rings is 1. The maximum atomic E-state index is 5.60. The van der Waals surface area contributed by atoms with E-state index in [1.807, 2.05) is 0 Å².